The highest BCUT2D eigenvalue weighted by Gasteiger charge is 2.73. The molecule has 6 fully saturated rings. The standard InChI is InChI=1S/C22H35NO2/c1-14-15-4-5-17-21(12-15,18(14)24)9-6-16-20(2)7-3-8-22(16,17)19-23(13-20)10-11-25-19/h14-19,24H,3-13H2,1-2H3/t14-,15-,16+,17+,18-,19?,20-,21+,22-/m0/s1. The van der Waals surface area contributed by atoms with E-state index in [9.17, 15) is 5.11 Å². The van der Waals surface area contributed by atoms with E-state index < -0.39 is 0 Å². The van der Waals surface area contributed by atoms with Gasteiger partial charge in [0.05, 0.1) is 12.7 Å². The molecule has 0 aromatic carbocycles. The van der Waals surface area contributed by atoms with E-state index in [0.29, 0.717) is 28.9 Å². The Morgan fingerprint density at radius 1 is 1.08 bits per heavy atom. The number of nitrogens with zero attached hydrogens (tertiary/aromatic N) is 1. The predicted octanol–water partition coefficient (Wildman–Crippen LogP) is 3.66. The quantitative estimate of drug-likeness (QED) is 0.727. The molecular formula is C22H35NO2. The molecule has 9 atom stereocenters. The number of hydrogen-bond donors (Lipinski definition) is 1. The topological polar surface area (TPSA) is 32.7 Å². The van der Waals surface area contributed by atoms with Crippen LogP contribution in [0.1, 0.15) is 65.2 Å². The number of aliphatic hydroxyl groups excluding tert-OH is 1. The summed E-state index contributed by atoms with van der Waals surface area (Å²) < 4.78 is 6.51. The minimum atomic E-state index is -0.0645. The fourth-order valence-corrected chi connectivity index (χ4v) is 9.71. The Hall–Kier alpha value is -0.120. The van der Waals surface area contributed by atoms with E-state index in [-0.39, 0.29) is 11.5 Å². The van der Waals surface area contributed by atoms with Crippen molar-refractivity contribution in [2.45, 2.75) is 77.5 Å². The van der Waals surface area contributed by atoms with Crippen molar-refractivity contribution in [1.29, 1.82) is 0 Å². The fourth-order valence-electron chi connectivity index (χ4n) is 9.71. The number of rotatable bonds is 0. The first-order valence-electron chi connectivity index (χ1n) is 11.1. The summed E-state index contributed by atoms with van der Waals surface area (Å²) in [6, 6.07) is 0. The lowest BCUT2D eigenvalue weighted by atomic mass is 9.38. The maximum Gasteiger partial charge on any atom is 0.117 e. The molecule has 0 radical (unpaired) electrons. The number of piperidine rings is 1. The summed E-state index contributed by atoms with van der Waals surface area (Å²) in [5.74, 6) is 2.80. The van der Waals surface area contributed by atoms with Crippen LogP contribution in [0.25, 0.3) is 0 Å². The Morgan fingerprint density at radius 2 is 1.96 bits per heavy atom. The van der Waals surface area contributed by atoms with Crippen LogP contribution in [-0.2, 0) is 4.74 Å². The SMILES string of the molecule is C[C@H]1[C@H]2CC[C@@H]3[C@@](CC[C@@H]4[C@@]5(C)CCC[C@]43C3OCCN3C5)(C2)[C@H]1O. The number of hydrogen-bond acceptors (Lipinski definition) is 3. The molecule has 3 nitrogen and oxygen atoms in total. The minimum Gasteiger partial charge on any atom is -0.392 e. The van der Waals surface area contributed by atoms with Crippen molar-refractivity contribution in [3.05, 3.63) is 0 Å². The summed E-state index contributed by atoms with van der Waals surface area (Å²) in [5, 5.41) is 11.4. The molecule has 0 aromatic rings. The number of fused-ring (bicyclic) bond motifs is 2. The molecule has 1 N–H and O–H groups in total. The van der Waals surface area contributed by atoms with Crippen molar-refractivity contribution < 1.29 is 9.84 Å². The Bertz CT molecular complexity index is 595. The minimum absolute atomic E-state index is 0.0645. The second-order valence-corrected chi connectivity index (χ2v) is 11.0. The fraction of sp³-hybridized carbons (Fsp3) is 1.00. The average Bonchev–Trinajstić information content (AvgIpc) is 3.12. The van der Waals surface area contributed by atoms with Gasteiger partial charge in [0.1, 0.15) is 6.23 Å². The molecule has 140 valence electrons. The third kappa shape index (κ3) is 1.66. The van der Waals surface area contributed by atoms with Gasteiger partial charge in [-0.15, -0.1) is 0 Å². The maximum atomic E-state index is 11.4. The van der Waals surface area contributed by atoms with E-state index in [1.165, 1.54) is 57.9 Å². The highest BCUT2D eigenvalue weighted by Crippen LogP contribution is 2.75. The van der Waals surface area contributed by atoms with E-state index >= 15 is 0 Å². The molecule has 2 heterocycles. The third-order valence-electron chi connectivity index (χ3n) is 10.4. The van der Waals surface area contributed by atoms with Crippen LogP contribution in [0, 0.1) is 39.9 Å². The van der Waals surface area contributed by atoms with Gasteiger partial charge >= 0.3 is 0 Å². The van der Waals surface area contributed by atoms with Crippen LogP contribution in [0.2, 0.25) is 0 Å². The van der Waals surface area contributed by atoms with Crippen molar-refractivity contribution >= 4 is 0 Å². The third-order valence-corrected chi connectivity index (χ3v) is 10.4. The van der Waals surface area contributed by atoms with Gasteiger partial charge in [0.2, 0.25) is 0 Å². The van der Waals surface area contributed by atoms with Crippen LogP contribution in [-0.4, -0.2) is 42.0 Å². The molecule has 4 aliphatic carbocycles. The largest absolute Gasteiger partial charge is 0.392 e. The van der Waals surface area contributed by atoms with Crippen LogP contribution in [0.3, 0.4) is 0 Å². The lowest BCUT2D eigenvalue weighted by Gasteiger charge is -2.71. The second-order valence-electron chi connectivity index (χ2n) is 11.0. The molecule has 6 rings (SSSR count). The van der Waals surface area contributed by atoms with Gasteiger partial charge < -0.3 is 9.84 Å². The van der Waals surface area contributed by atoms with Crippen molar-refractivity contribution in [2.24, 2.45) is 39.9 Å². The van der Waals surface area contributed by atoms with Gasteiger partial charge in [-0.05, 0) is 74.0 Å². The predicted molar refractivity (Wildman–Crippen MR) is 96.9 cm³/mol. The molecule has 2 aliphatic heterocycles. The molecule has 0 aromatic heterocycles. The van der Waals surface area contributed by atoms with Gasteiger partial charge in [-0.1, -0.05) is 20.3 Å². The van der Waals surface area contributed by atoms with Crippen molar-refractivity contribution in [1.82, 2.24) is 4.90 Å². The van der Waals surface area contributed by atoms with E-state index in [1.807, 2.05) is 0 Å². The average molecular weight is 346 g/mol. The first kappa shape index (κ1) is 15.9. The molecule has 6 aliphatic rings. The van der Waals surface area contributed by atoms with Crippen LogP contribution in [0.4, 0.5) is 0 Å². The second kappa shape index (κ2) is 4.83. The van der Waals surface area contributed by atoms with Crippen LogP contribution in [0.5, 0.6) is 0 Å². The monoisotopic (exact) mass is 345 g/mol. The van der Waals surface area contributed by atoms with Crippen molar-refractivity contribution in [3.63, 3.8) is 0 Å². The van der Waals surface area contributed by atoms with Gasteiger partial charge in [-0.25, -0.2) is 0 Å². The van der Waals surface area contributed by atoms with Crippen LogP contribution >= 0.6 is 0 Å². The summed E-state index contributed by atoms with van der Waals surface area (Å²) in [7, 11) is 0. The zero-order valence-corrected chi connectivity index (χ0v) is 16.0. The highest BCUT2D eigenvalue weighted by atomic mass is 16.5. The highest BCUT2D eigenvalue weighted by molar-refractivity contribution is 5.21. The zero-order valence-electron chi connectivity index (χ0n) is 16.0. The molecule has 3 heteroatoms. The molecule has 1 spiro atoms. The number of aliphatic hydroxyl groups is 1. The summed E-state index contributed by atoms with van der Waals surface area (Å²) >= 11 is 0. The Kier molecular flexibility index (Phi) is 3.07. The molecule has 0 amide bonds. The molecule has 4 bridgehead atoms. The van der Waals surface area contributed by atoms with Crippen molar-refractivity contribution in [3.8, 4) is 0 Å². The smallest absolute Gasteiger partial charge is 0.117 e. The molecule has 25 heavy (non-hydrogen) atoms. The van der Waals surface area contributed by atoms with Crippen LogP contribution in [0.15, 0.2) is 0 Å². The normalized spacial score (nSPS) is 63.0. The van der Waals surface area contributed by atoms with E-state index in [0.717, 1.165) is 25.0 Å². The van der Waals surface area contributed by atoms with Gasteiger partial charge in [-0.3, -0.25) is 4.90 Å². The lowest BCUT2D eigenvalue weighted by Crippen LogP contribution is -2.71. The Morgan fingerprint density at radius 3 is 2.84 bits per heavy atom. The molecule has 1 unspecified atom stereocenters. The van der Waals surface area contributed by atoms with Gasteiger partial charge in [-0.2, -0.15) is 0 Å². The zero-order chi connectivity index (χ0) is 17.0. The Labute approximate surface area is 152 Å². The lowest BCUT2D eigenvalue weighted by molar-refractivity contribution is -0.277. The van der Waals surface area contributed by atoms with Crippen molar-refractivity contribution in [2.75, 3.05) is 19.7 Å². The summed E-state index contributed by atoms with van der Waals surface area (Å²) in [6.45, 7) is 8.25. The molecule has 4 saturated carbocycles. The first-order valence-corrected chi connectivity index (χ1v) is 11.1. The first-order chi connectivity index (χ1) is 12.0. The summed E-state index contributed by atoms with van der Waals surface area (Å²) in [4.78, 5) is 2.71. The molecule has 2 saturated heterocycles. The number of ether oxygens (including phenoxy) is 1. The summed E-state index contributed by atoms with van der Waals surface area (Å²) in [5.41, 5.74) is 1.03. The van der Waals surface area contributed by atoms with Gasteiger partial charge in [0.25, 0.3) is 0 Å². The van der Waals surface area contributed by atoms with E-state index in [2.05, 4.69) is 18.7 Å². The Balaban J connectivity index is 1.52. The van der Waals surface area contributed by atoms with E-state index in [4.69, 9.17) is 4.74 Å². The maximum absolute atomic E-state index is 11.4. The molecular weight excluding hydrogens is 310 g/mol. The summed E-state index contributed by atoms with van der Waals surface area (Å²) in [6.07, 6.45) is 11.1. The van der Waals surface area contributed by atoms with E-state index in [1.54, 1.807) is 0 Å². The van der Waals surface area contributed by atoms with Crippen LogP contribution < -0.4 is 0 Å². The van der Waals surface area contributed by atoms with Gasteiger partial charge in [0.15, 0.2) is 0 Å². The van der Waals surface area contributed by atoms with Gasteiger partial charge in [0, 0.05) is 23.9 Å².